The molecule has 6 nitrogen and oxygen atoms in total. The summed E-state index contributed by atoms with van der Waals surface area (Å²) in [7, 11) is 0. The van der Waals surface area contributed by atoms with Gasteiger partial charge in [0.1, 0.15) is 0 Å². The first-order valence-electron chi connectivity index (χ1n) is 5.67. The number of hydrogen-bond acceptors (Lipinski definition) is 4. The predicted molar refractivity (Wildman–Crippen MR) is 54.5 cm³/mol. The fourth-order valence-electron chi connectivity index (χ4n) is 2.97. The number of fused-ring (bicyclic) bond motifs is 1. The van der Waals surface area contributed by atoms with E-state index in [-0.39, 0.29) is 36.7 Å². The molecule has 4 unspecified atom stereocenters. The summed E-state index contributed by atoms with van der Waals surface area (Å²) in [4.78, 5) is 24.3. The number of nitrogens with zero attached hydrogens (tertiary/aromatic N) is 1. The molecule has 0 aromatic heterocycles. The fraction of sp³-hybridized carbons (Fsp3) is 0.800. The zero-order valence-electron chi connectivity index (χ0n) is 8.89. The number of urea groups is 1. The molecule has 6 heteroatoms. The first-order valence-corrected chi connectivity index (χ1v) is 5.67. The highest BCUT2D eigenvalue weighted by molar-refractivity contribution is 6.02. The molecule has 2 aliphatic heterocycles. The number of amides is 3. The molecule has 3 amide bonds. The van der Waals surface area contributed by atoms with Crippen LogP contribution >= 0.6 is 0 Å². The Kier molecular flexibility index (Phi) is 2.15. The lowest BCUT2D eigenvalue weighted by atomic mass is 9.68. The Morgan fingerprint density at radius 3 is 2.94 bits per heavy atom. The number of hydrogen-bond donors (Lipinski definition) is 2. The van der Waals surface area contributed by atoms with Crippen LogP contribution in [0.25, 0.3) is 0 Å². The molecular weight excluding hydrogens is 210 g/mol. The Morgan fingerprint density at radius 2 is 2.25 bits per heavy atom. The molecule has 1 aliphatic carbocycles. The van der Waals surface area contributed by atoms with E-state index in [0.29, 0.717) is 12.5 Å². The average molecular weight is 225 g/mol. The van der Waals surface area contributed by atoms with Crippen LogP contribution < -0.4 is 11.1 Å². The molecule has 1 saturated carbocycles. The summed E-state index contributed by atoms with van der Waals surface area (Å²) in [5.41, 5.74) is 6.03. The summed E-state index contributed by atoms with van der Waals surface area (Å²) in [5, 5.41) is 2.51. The van der Waals surface area contributed by atoms with Crippen molar-refractivity contribution >= 4 is 11.9 Å². The van der Waals surface area contributed by atoms with Crippen LogP contribution in [-0.4, -0.2) is 48.2 Å². The first-order chi connectivity index (χ1) is 7.70. The molecule has 88 valence electrons. The van der Waals surface area contributed by atoms with Gasteiger partial charge in [-0.15, -0.1) is 0 Å². The predicted octanol–water partition coefficient (Wildman–Crippen LogP) is -0.957. The summed E-state index contributed by atoms with van der Waals surface area (Å²) < 4.78 is 5.62. The van der Waals surface area contributed by atoms with Gasteiger partial charge >= 0.3 is 6.03 Å². The molecule has 0 radical (unpaired) electrons. The lowest BCUT2D eigenvalue weighted by molar-refractivity contribution is -0.157. The molecule has 2 heterocycles. The van der Waals surface area contributed by atoms with Crippen LogP contribution in [0.15, 0.2) is 0 Å². The summed E-state index contributed by atoms with van der Waals surface area (Å²) in [6.07, 6.45) is 2.00. The molecule has 3 N–H and O–H groups in total. The van der Waals surface area contributed by atoms with E-state index in [4.69, 9.17) is 10.5 Å². The van der Waals surface area contributed by atoms with Crippen LogP contribution in [0.5, 0.6) is 0 Å². The van der Waals surface area contributed by atoms with E-state index in [1.54, 1.807) is 0 Å². The van der Waals surface area contributed by atoms with Crippen LogP contribution in [0.2, 0.25) is 0 Å². The monoisotopic (exact) mass is 225 g/mol. The second-order valence-electron chi connectivity index (χ2n) is 4.63. The topological polar surface area (TPSA) is 84.7 Å². The number of carbonyl (C=O) groups excluding carboxylic acids is 2. The molecule has 0 bridgehead atoms. The minimum atomic E-state index is -0.335. The number of carbonyl (C=O) groups is 2. The van der Waals surface area contributed by atoms with Crippen LogP contribution in [0.3, 0.4) is 0 Å². The van der Waals surface area contributed by atoms with Crippen molar-refractivity contribution in [1.82, 2.24) is 10.2 Å². The molecule has 0 spiro atoms. The largest absolute Gasteiger partial charge is 0.376 e. The highest BCUT2D eigenvalue weighted by atomic mass is 16.5. The number of ether oxygens (including phenoxy) is 1. The van der Waals surface area contributed by atoms with Gasteiger partial charge in [-0.2, -0.15) is 0 Å². The van der Waals surface area contributed by atoms with Crippen LogP contribution in [-0.2, 0) is 9.53 Å². The van der Waals surface area contributed by atoms with E-state index in [1.165, 1.54) is 4.90 Å². The Labute approximate surface area is 93.1 Å². The van der Waals surface area contributed by atoms with Crippen LogP contribution in [0, 0.1) is 5.92 Å². The molecular formula is C10H15N3O3. The van der Waals surface area contributed by atoms with Gasteiger partial charge in [-0.3, -0.25) is 9.69 Å². The molecule has 2 saturated heterocycles. The minimum Gasteiger partial charge on any atom is -0.376 e. The summed E-state index contributed by atoms with van der Waals surface area (Å²) in [6, 6.07) is -0.725. The fourth-order valence-corrected chi connectivity index (χ4v) is 2.97. The zero-order valence-corrected chi connectivity index (χ0v) is 8.89. The maximum atomic E-state index is 11.6. The Morgan fingerprint density at radius 1 is 1.44 bits per heavy atom. The smallest absolute Gasteiger partial charge is 0.324 e. The van der Waals surface area contributed by atoms with E-state index in [2.05, 4.69) is 5.32 Å². The van der Waals surface area contributed by atoms with Crippen molar-refractivity contribution in [2.24, 2.45) is 11.7 Å². The number of imide groups is 1. The van der Waals surface area contributed by atoms with Crippen molar-refractivity contribution in [2.45, 2.75) is 31.0 Å². The molecule has 16 heavy (non-hydrogen) atoms. The van der Waals surface area contributed by atoms with Crippen LogP contribution in [0.1, 0.15) is 12.8 Å². The molecule has 4 atom stereocenters. The SMILES string of the molecule is NC1C2CCCOC2C1N1C(=O)CNC1=O. The highest BCUT2D eigenvalue weighted by Crippen LogP contribution is 2.40. The molecule has 3 fully saturated rings. The third-order valence-electron chi connectivity index (χ3n) is 3.82. The molecule has 0 aromatic carbocycles. The van der Waals surface area contributed by atoms with Gasteiger partial charge in [-0.1, -0.05) is 0 Å². The van der Waals surface area contributed by atoms with Gasteiger partial charge in [-0.25, -0.2) is 4.79 Å². The van der Waals surface area contributed by atoms with Crippen molar-refractivity contribution in [3.63, 3.8) is 0 Å². The standard InChI is InChI=1S/C10H15N3O3/c11-7-5-2-1-3-16-9(5)8(7)13-6(14)4-12-10(13)15/h5,7-9H,1-4,11H2,(H,12,15). The zero-order chi connectivity index (χ0) is 11.3. The van der Waals surface area contributed by atoms with Crippen molar-refractivity contribution in [3.05, 3.63) is 0 Å². The van der Waals surface area contributed by atoms with Gasteiger partial charge in [0.05, 0.1) is 18.7 Å². The van der Waals surface area contributed by atoms with Gasteiger partial charge in [0.2, 0.25) is 5.91 Å². The number of nitrogens with two attached hydrogens (primary N) is 1. The summed E-state index contributed by atoms with van der Waals surface area (Å²) >= 11 is 0. The quantitative estimate of drug-likeness (QED) is 0.563. The lowest BCUT2D eigenvalue weighted by Gasteiger charge is -2.54. The van der Waals surface area contributed by atoms with Crippen molar-refractivity contribution in [1.29, 1.82) is 0 Å². The third kappa shape index (κ3) is 1.20. The van der Waals surface area contributed by atoms with E-state index >= 15 is 0 Å². The van der Waals surface area contributed by atoms with Crippen molar-refractivity contribution in [3.8, 4) is 0 Å². The summed E-state index contributed by atoms with van der Waals surface area (Å²) in [6.45, 7) is 0.785. The van der Waals surface area contributed by atoms with Crippen molar-refractivity contribution < 1.29 is 14.3 Å². The maximum absolute atomic E-state index is 11.6. The normalized spacial score (nSPS) is 42.7. The van der Waals surface area contributed by atoms with Gasteiger partial charge in [0, 0.05) is 18.6 Å². The lowest BCUT2D eigenvalue weighted by Crippen LogP contribution is -2.72. The Balaban J connectivity index is 1.80. The first kappa shape index (κ1) is 10.0. The van der Waals surface area contributed by atoms with Gasteiger partial charge in [-0.05, 0) is 12.8 Å². The Hall–Kier alpha value is -1.14. The number of nitrogens with one attached hydrogen (secondary N) is 1. The van der Waals surface area contributed by atoms with Crippen LogP contribution in [0.4, 0.5) is 4.79 Å². The second kappa shape index (κ2) is 3.43. The van der Waals surface area contributed by atoms with E-state index in [9.17, 15) is 9.59 Å². The number of rotatable bonds is 1. The van der Waals surface area contributed by atoms with E-state index in [1.807, 2.05) is 0 Å². The van der Waals surface area contributed by atoms with E-state index < -0.39 is 0 Å². The highest BCUT2D eigenvalue weighted by Gasteiger charge is 2.56. The van der Waals surface area contributed by atoms with E-state index in [0.717, 1.165) is 12.8 Å². The van der Waals surface area contributed by atoms with Crippen molar-refractivity contribution in [2.75, 3.05) is 13.2 Å². The van der Waals surface area contributed by atoms with Gasteiger partial charge in [0.15, 0.2) is 0 Å². The molecule has 3 aliphatic rings. The van der Waals surface area contributed by atoms with Gasteiger partial charge in [0.25, 0.3) is 0 Å². The summed E-state index contributed by atoms with van der Waals surface area (Å²) in [5.74, 6) is 0.109. The minimum absolute atomic E-state index is 0.0449. The maximum Gasteiger partial charge on any atom is 0.324 e. The molecule has 3 rings (SSSR count). The van der Waals surface area contributed by atoms with Gasteiger partial charge < -0.3 is 15.8 Å². The second-order valence-corrected chi connectivity index (χ2v) is 4.63. The third-order valence-corrected chi connectivity index (χ3v) is 3.82. The Bertz CT molecular complexity index is 330. The average Bonchev–Trinajstić information content (AvgIpc) is 2.61. The molecule has 0 aromatic rings.